The van der Waals surface area contributed by atoms with E-state index in [2.05, 4.69) is 10.3 Å². The molecule has 1 aromatic heterocycles. The van der Waals surface area contributed by atoms with Gasteiger partial charge in [0.2, 0.25) is 0 Å². The van der Waals surface area contributed by atoms with Crippen LogP contribution in [0.15, 0.2) is 23.6 Å². The molecule has 1 fully saturated rings. The summed E-state index contributed by atoms with van der Waals surface area (Å²) in [7, 11) is 0. The molecule has 2 heterocycles. The molecule has 184 valence electrons. The number of para-hydroxylation sites is 1. The summed E-state index contributed by atoms with van der Waals surface area (Å²) in [6, 6.07) is 5.64. The Labute approximate surface area is 204 Å². The molecule has 1 saturated heterocycles. The number of carbonyl (C=O) groups excluding carboxylic acids is 3. The highest BCUT2D eigenvalue weighted by Crippen LogP contribution is 2.22. The van der Waals surface area contributed by atoms with Crippen LogP contribution in [0.25, 0.3) is 0 Å². The number of urea groups is 1. The van der Waals surface area contributed by atoms with Gasteiger partial charge in [0, 0.05) is 43.3 Å². The lowest BCUT2D eigenvalue weighted by Gasteiger charge is -2.33. The summed E-state index contributed by atoms with van der Waals surface area (Å²) in [4.78, 5) is 47.4. The van der Waals surface area contributed by atoms with E-state index in [9.17, 15) is 14.4 Å². The van der Waals surface area contributed by atoms with E-state index in [-0.39, 0.29) is 24.1 Å². The molecule has 9 nitrogen and oxygen atoms in total. The zero-order valence-electron chi connectivity index (χ0n) is 20.5. The maximum atomic E-state index is 13.1. The summed E-state index contributed by atoms with van der Waals surface area (Å²) in [6.45, 7) is 12.0. The van der Waals surface area contributed by atoms with Crippen molar-refractivity contribution in [3.05, 3.63) is 45.4 Å². The van der Waals surface area contributed by atoms with E-state index < -0.39 is 0 Å². The SMILES string of the molecule is CCOC(=O)N1CCN(C(=O)c2csc(CN(C(=O)Nc3c(C)cccc3C)C(C)C)n2)CC1. The Morgan fingerprint density at radius 3 is 2.32 bits per heavy atom. The van der Waals surface area contributed by atoms with Crippen molar-refractivity contribution in [2.75, 3.05) is 38.1 Å². The molecule has 0 radical (unpaired) electrons. The van der Waals surface area contributed by atoms with E-state index in [4.69, 9.17) is 4.74 Å². The van der Waals surface area contributed by atoms with Crippen LogP contribution in [0.2, 0.25) is 0 Å². The van der Waals surface area contributed by atoms with Gasteiger partial charge >= 0.3 is 12.1 Å². The van der Waals surface area contributed by atoms with Gasteiger partial charge in [-0.25, -0.2) is 14.6 Å². The predicted octanol–water partition coefficient (Wildman–Crippen LogP) is 4.12. The maximum Gasteiger partial charge on any atom is 0.409 e. The minimum atomic E-state index is -0.349. The Bertz CT molecular complexity index is 1010. The molecule has 2 aromatic rings. The van der Waals surface area contributed by atoms with Crippen LogP contribution >= 0.6 is 11.3 Å². The van der Waals surface area contributed by atoms with E-state index in [0.29, 0.717) is 50.0 Å². The first-order valence-corrected chi connectivity index (χ1v) is 12.4. The fourth-order valence-electron chi connectivity index (χ4n) is 3.78. The normalized spacial score (nSPS) is 13.7. The van der Waals surface area contributed by atoms with Crippen molar-refractivity contribution in [1.29, 1.82) is 0 Å². The van der Waals surface area contributed by atoms with Crippen molar-refractivity contribution in [2.24, 2.45) is 0 Å². The Morgan fingerprint density at radius 2 is 1.74 bits per heavy atom. The molecule has 1 N–H and O–H groups in total. The van der Waals surface area contributed by atoms with Crippen molar-refractivity contribution in [3.8, 4) is 0 Å². The fraction of sp³-hybridized carbons (Fsp3) is 0.500. The summed E-state index contributed by atoms with van der Waals surface area (Å²) in [6.07, 6.45) is -0.349. The minimum absolute atomic E-state index is 0.0525. The second-order valence-electron chi connectivity index (χ2n) is 8.52. The first kappa shape index (κ1) is 25.5. The van der Waals surface area contributed by atoms with Crippen LogP contribution in [-0.2, 0) is 11.3 Å². The number of nitrogens with one attached hydrogen (secondary N) is 1. The number of thiazole rings is 1. The standard InChI is InChI=1S/C24H33N5O4S/c1-6-33-24(32)28-12-10-27(11-13-28)22(30)19-15-34-20(25-19)14-29(16(2)3)23(31)26-21-17(4)8-7-9-18(21)5/h7-9,15-16H,6,10-14H2,1-5H3,(H,26,31). The van der Waals surface area contributed by atoms with Crippen LogP contribution in [0.4, 0.5) is 15.3 Å². The molecule has 0 unspecified atom stereocenters. The number of carbonyl (C=O) groups is 3. The van der Waals surface area contributed by atoms with E-state index in [1.807, 2.05) is 45.9 Å². The van der Waals surface area contributed by atoms with E-state index in [1.165, 1.54) is 11.3 Å². The summed E-state index contributed by atoms with van der Waals surface area (Å²) < 4.78 is 5.03. The second kappa shape index (κ2) is 11.3. The van der Waals surface area contributed by atoms with Crippen molar-refractivity contribution < 1.29 is 19.1 Å². The van der Waals surface area contributed by atoms with Gasteiger partial charge in [0.1, 0.15) is 10.7 Å². The molecule has 3 rings (SSSR count). The molecule has 1 aromatic carbocycles. The van der Waals surface area contributed by atoms with Crippen molar-refractivity contribution >= 4 is 35.1 Å². The third-order valence-corrected chi connectivity index (χ3v) is 6.60. The zero-order chi connectivity index (χ0) is 24.8. The number of rotatable bonds is 6. The van der Waals surface area contributed by atoms with Gasteiger partial charge < -0.3 is 24.8 Å². The van der Waals surface area contributed by atoms with Gasteiger partial charge in [-0.1, -0.05) is 18.2 Å². The Morgan fingerprint density at radius 1 is 1.12 bits per heavy atom. The average Bonchev–Trinajstić information content (AvgIpc) is 3.28. The summed E-state index contributed by atoms with van der Waals surface area (Å²) in [5, 5.41) is 5.46. The summed E-state index contributed by atoms with van der Waals surface area (Å²) >= 11 is 1.36. The third-order valence-electron chi connectivity index (χ3n) is 5.77. The number of piperazine rings is 1. The number of amides is 4. The van der Waals surface area contributed by atoms with Crippen LogP contribution in [-0.4, -0.2) is 76.5 Å². The van der Waals surface area contributed by atoms with Gasteiger partial charge in [0.15, 0.2) is 0 Å². The quantitative estimate of drug-likeness (QED) is 0.661. The van der Waals surface area contributed by atoms with Crippen LogP contribution in [0.3, 0.4) is 0 Å². The van der Waals surface area contributed by atoms with Gasteiger partial charge in [0.25, 0.3) is 5.91 Å². The van der Waals surface area contributed by atoms with E-state index >= 15 is 0 Å². The summed E-state index contributed by atoms with van der Waals surface area (Å²) in [5.41, 5.74) is 3.18. The smallest absolute Gasteiger partial charge is 0.409 e. The zero-order valence-corrected chi connectivity index (χ0v) is 21.3. The second-order valence-corrected chi connectivity index (χ2v) is 9.47. The molecule has 4 amide bonds. The highest BCUT2D eigenvalue weighted by atomic mass is 32.1. The highest BCUT2D eigenvalue weighted by molar-refractivity contribution is 7.09. The predicted molar refractivity (Wildman–Crippen MR) is 132 cm³/mol. The maximum absolute atomic E-state index is 13.1. The molecule has 0 spiro atoms. The number of benzene rings is 1. The number of anilines is 1. The number of aromatic nitrogens is 1. The van der Waals surface area contributed by atoms with E-state index in [0.717, 1.165) is 16.8 Å². The Balaban J connectivity index is 1.62. The van der Waals surface area contributed by atoms with Crippen molar-refractivity contribution in [1.82, 2.24) is 19.7 Å². The topological polar surface area (TPSA) is 95.1 Å². The molecule has 0 aliphatic carbocycles. The number of aryl methyl sites for hydroxylation is 2. The number of nitrogens with zero attached hydrogens (tertiary/aromatic N) is 4. The van der Waals surface area contributed by atoms with Crippen molar-refractivity contribution in [3.63, 3.8) is 0 Å². The van der Waals surface area contributed by atoms with Crippen LogP contribution in [0.5, 0.6) is 0 Å². The fourth-order valence-corrected chi connectivity index (χ4v) is 4.54. The summed E-state index contributed by atoms with van der Waals surface area (Å²) in [5.74, 6) is -0.165. The van der Waals surface area contributed by atoms with Gasteiger partial charge in [-0.2, -0.15) is 0 Å². The molecule has 0 saturated carbocycles. The largest absolute Gasteiger partial charge is 0.450 e. The average molecular weight is 488 g/mol. The molecule has 10 heteroatoms. The lowest BCUT2D eigenvalue weighted by atomic mass is 10.1. The number of hydrogen-bond donors (Lipinski definition) is 1. The molecule has 0 bridgehead atoms. The first-order chi connectivity index (χ1) is 16.2. The van der Waals surface area contributed by atoms with Gasteiger partial charge in [-0.05, 0) is 45.7 Å². The molecular formula is C24H33N5O4S. The monoisotopic (exact) mass is 487 g/mol. The molecule has 1 aliphatic rings. The lowest BCUT2D eigenvalue weighted by Crippen LogP contribution is -2.50. The molecule has 0 atom stereocenters. The third kappa shape index (κ3) is 6.05. The lowest BCUT2D eigenvalue weighted by molar-refractivity contribution is 0.0566. The molecule has 1 aliphatic heterocycles. The van der Waals surface area contributed by atoms with E-state index in [1.54, 1.807) is 27.0 Å². The van der Waals surface area contributed by atoms with Crippen LogP contribution in [0, 0.1) is 13.8 Å². The number of hydrogen-bond acceptors (Lipinski definition) is 6. The molecule has 34 heavy (non-hydrogen) atoms. The van der Waals surface area contributed by atoms with Crippen molar-refractivity contribution in [2.45, 2.75) is 47.2 Å². The van der Waals surface area contributed by atoms with Gasteiger partial charge in [0.05, 0.1) is 13.2 Å². The van der Waals surface area contributed by atoms with Gasteiger partial charge in [-0.3, -0.25) is 4.79 Å². The minimum Gasteiger partial charge on any atom is -0.450 e. The Hall–Kier alpha value is -3.14. The highest BCUT2D eigenvalue weighted by Gasteiger charge is 2.27. The first-order valence-electron chi connectivity index (χ1n) is 11.5. The molecular weight excluding hydrogens is 454 g/mol. The number of ether oxygens (including phenoxy) is 1. The van der Waals surface area contributed by atoms with Crippen LogP contribution in [0.1, 0.15) is 47.4 Å². The van der Waals surface area contributed by atoms with Gasteiger partial charge in [-0.15, -0.1) is 11.3 Å². The Kier molecular flexibility index (Phi) is 8.49. The van der Waals surface area contributed by atoms with Crippen LogP contribution < -0.4 is 5.32 Å².